The molecule has 2 aliphatic heterocycles. The summed E-state index contributed by atoms with van der Waals surface area (Å²) in [6.45, 7) is 7.72. The number of amides is 1. The van der Waals surface area contributed by atoms with Crippen LogP contribution in [-0.4, -0.2) is 89.1 Å². The minimum atomic E-state index is -0.810. The molecule has 2 aromatic heterocycles. The van der Waals surface area contributed by atoms with Crippen molar-refractivity contribution in [1.29, 1.82) is 0 Å². The molecule has 0 atom stereocenters. The van der Waals surface area contributed by atoms with Crippen LogP contribution in [0.15, 0.2) is 48.7 Å². The zero-order valence-corrected chi connectivity index (χ0v) is 25.7. The molecule has 2 aliphatic rings. The van der Waals surface area contributed by atoms with Crippen LogP contribution in [-0.2, 0) is 16.1 Å². The Labute approximate surface area is 261 Å². The van der Waals surface area contributed by atoms with Gasteiger partial charge in [-0.15, -0.1) is 0 Å². The molecule has 0 aliphatic carbocycles. The number of piperidine rings is 1. The van der Waals surface area contributed by atoms with E-state index in [0.717, 1.165) is 56.0 Å². The van der Waals surface area contributed by atoms with Gasteiger partial charge in [-0.1, -0.05) is 23.2 Å². The smallest absolute Gasteiger partial charge is 0.317 e. The highest BCUT2D eigenvalue weighted by Crippen LogP contribution is 2.31. The van der Waals surface area contributed by atoms with E-state index in [1.165, 1.54) is 0 Å². The normalized spacial score (nSPS) is 16.7. The SMILES string of the molecule is CC(=O)NCC1CCN(Cc2cc(Oc3ccc(N4CCN(CC(=O)O)CC4)nc3)nc(-c3cc(Cl)cc(Cl)c3)c2)CC1. The summed E-state index contributed by atoms with van der Waals surface area (Å²) >= 11 is 12.6. The molecule has 3 aromatic rings. The van der Waals surface area contributed by atoms with Crippen LogP contribution in [0.2, 0.25) is 10.0 Å². The maximum absolute atomic E-state index is 11.3. The molecular formula is C31H36Cl2N6O4. The molecule has 43 heavy (non-hydrogen) atoms. The van der Waals surface area contributed by atoms with Crippen molar-refractivity contribution >= 4 is 40.9 Å². The van der Waals surface area contributed by atoms with Gasteiger partial charge in [-0.2, -0.15) is 0 Å². The molecule has 1 aromatic carbocycles. The molecule has 2 fully saturated rings. The Morgan fingerprint density at radius 1 is 0.977 bits per heavy atom. The molecule has 228 valence electrons. The number of carboxylic acid groups (broad SMARTS) is 1. The van der Waals surface area contributed by atoms with Crippen molar-refractivity contribution < 1.29 is 19.4 Å². The maximum Gasteiger partial charge on any atom is 0.317 e. The Hall–Kier alpha value is -3.44. The summed E-state index contributed by atoms with van der Waals surface area (Å²) in [5, 5.41) is 13.0. The predicted octanol–water partition coefficient (Wildman–Crippen LogP) is 4.80. The third-order valence-corrected chi connectivity index (χ3v) is 8.21. The molecule has 10 nitrogen and oxygen atoms in total. The molecule has 0 spiro atoms. The van der Waals surface area contributed by atoms with Gasteiger partial charge in [0, 0.05) is 67.9 Å². The number of carboxylic acids is 1. The van der Waals surface area contributed by atoms with Crippen molar-refractivity contribution in [3.05, 3.63) is 64.3 Å². The lowest BCUT2D eigenvalue weighted by Gasteiger charge is -2.34. The van der Waals surface area contributed by atoms with E-state index in [-0.39, 0.29) is 12.5 Å². The van der Waals surface area contributed by atoms with E-state index in [0.29, 0.717) is 59.5 Å². The summed E-state index contributed by atoms with van der Waals surface area (Å²) in [4.78, 5) is 38.2. The Balaban J connectivity index is 1.29. The third kappa shape index (κ3) is 9.03. The standard InChI is InChI=1S/C31H36Cl2N6O4/c1-21(40)34-17-22-4-6-37(7-5-22)19-23-12-28(24-14-25(32)16-26(33)15-24)36-30(13-23)43-27-2-3-29(35-18-27)39-10-8-38(9-11-39)20-31(41)42/h2-3,12-16,18,22H,4-11,17,19-20H2,1H3,(H,34,40)(H,41,42). The van der Waals surface area contributed by atoms with Crippen molar-refractivity contribution in [2.24, 2.45) is 5.92 Å². The minimum Gasteiger partial charge on any atom is -0.480 e. The largest absolute Gasteiger partial charge is 0.480 e. The van der Waals surface area contributed by atoms with Crippen molar-refractivity contribution in [1.82, 2.24) is 25.1 Å². The topological polar surface area (TPSA) is 111 Å². The summed E-state index contributed by atoms with van der Waals surface area (Å²) in [6, 6.07) is 13.1. The fourth-order valence-corrected chi connectivity index (χ4v) is 6.04. The van der Waals surface area contributed by atoms with Gasteiger partial charge in [0.2, 0.25) is 11.8 Å². The van der Waals surface area contributed by atoms with E-state index in [1.54, 1.807) is 19.2 Å². The van der Waals surface area contributed by atoms with Crippen LogP contribution < -0.4 is 15.0 Å². The Morgan fingerprint density at radius 2 is 1.70 bits per heavy atom. The lowest BCUT2D eigenvalue weighted by Crippen LogP contribution is -2.48. The second kappa shape index (κ2) is 14.4. The monoisotopic (exact) mass is 626 g/mol. The molecule has 0 bridgehead atoms. The fraction of sp³-hybridized carbons (Fsp3) is 0.419. The number of pyridine rings is 2. The van der Waals surface area contributed by atoms with Gasteiger partial charge in [0.1, 0.15) is 11.6 Å². The molecule has 2 N–H and O–H groups in total. The molecule has 2 saturated heterocycles. The molecule has 0 radical (unpaired) electrons. The van der Waals surface area contributed by atoms with Crippen LogP contribution >= 0.6 is 23.2 Å². The molecule has 5 rings (SSSR count). The fourth-order valence-electron chi connectivity index (χ4n) is 5.51. The Morgan fingerprint density at radius 3 is 2.33 bits per heavy atom. The zero-order chi connectivity index (χ0) is 30.3. The summed E-state index contributed by atoms with van der Waals surface area (Å²) in [6.07, 6.45) is 3.74. The molecule has 1 amide bonds. The number of nitrogens with one attached hydrogen (secondary N) is 1. The summed E-state index contributed by atoms with van der Waals surface area (Å²) in [5.41, 5.74) is 2.57. The predicted molar refractivity (Wildman–Crippen MR) is 167 cm³/mol. The number of aromatic nitrogens is 2. The Bertz CT molecular complexity index is 1400. The maximum atomic E-state index is 11.3. The number of aliphatic carboxylic acids is 1. The quantitative estimate of drug-likeness (QED) is 0.328. The lowest BCUT2D eigenvalue weighted by molar-refractivity contribution is -0.138. The van der Waals surface area contributed by atoms with Gasteiger partial charge in [0.25, 0.3) is 0 Å². The van der Waals surface area contributed by atoms with E-state index < -0.39 is 5.97 Å². The first kappa shape index (κ1) is 31.0. The van der Waals surface area contributed by atoms with Crippen molar-refractivity contribution in [3.8, 4) is 22.9 Å². The number of carbonyl (C=O) groups is 2. The van der Waals surface area contributed by atoms with Gasteiger partial charge in [0.15, 0.2) is 0 Å². The van der Waals surface area contributed by atoms with Crippen LogP contribution in [0.4, 0.5) is 5.82 Å². The number of rotatable bonds is 10. The molecule has 0 unspecified atom stereocenters. The number of hydrogen-bond donors (Lipinski definition) is 2. The molecular weight excluding hydrogens is 591 g/mol. The van der Waals surface area contributed by atoms with E-state index in [2.05, 4.69) is 20.1 Å². The number of anilines is 1. The van der Waals surface area contributed by atoms with E-state index in [9.17, 15) is 9.59 Å². The number of nitrogens with zero attached hydrogens (tertiary/aromatic N) is 5. The van der Waals surface area contributed by atoms with Crippen molar-refractivity contribution in [3.63, 3.8) is 0 Å². The van der Waals surface area contributed by atoms with Crippen LogP contribution in [0.1, 0.15) is 25.3 Å². The average Bonchev–Trinajstić information content (AvgIpc) is 2.97. The number of halogens is 2. The third-order valence-electron chi connectivity index (χ3n) is 7.77. The highest BCUT2D eigenvalue weighted by Gasteiger charge is 2.21. The summed E-state index contributed by atoms with van der Waals surface area (Å²) in [7, 11) is 0. The van der Waals surface area contributed by atoms with E-state index in [4.69, 9.17) is 38.0 Å². The van der Waals surface area contributed by atoms with Gasteiger partial charge >= 0.3 is 5.97 Å². The van der Waals surface area contributed by atoms with Crippen LogP contribution in [0.25, 0.3) is 11.3 Å². The van der Waals surface area contributed by atoms with Gasteiger partial charge in [-0.3, -0.25) is 19.4 Å². The minimum absolute atomic E-state index is 0.0149. The number of likely N-dealkylation sites (tertiary alicyclic amines) is 1. The van der Waals surface area contributed by atoms with Gasteiger partial charge in [0.05, 0.1) is 18.4 Å². The highest BCUT2D eigenvalue weighted by molar-refractivity contribution is 6.35. The number of carbonyl (C=O) groups excluding carboxylic acids is 1. The van der Waals surface area contributed by atoms with Gasteiger partial charge < -0.3 is 20.1 Å². The first-order valence-electron chi connectivity index (χ1n) is 14.5. The van der Waals surface area contributed by atoms with Crippen LogP contribution in [0, 0.1) is 5.92 Å². The number of benzene rings is 1. The number of ether oxygens (including phenoxy) is 1. The summed E-state index contributed by atoms with van der Waals surface area (Å²) in [5.74, 6) is 1.52. The zero-order valence-electron chi connectivity index (χ0n) is 24.1. The molecule has 4 heterocycles. The van der Waals surface area contributed by atoms with Gasteiger partial charge in [-0.05, 0) is 73.8 Å². The number of hydrogen-bond acceptors (Lipinski definition) is 8. The second-order valence-corrected chi connectivity index (χ2v) is 12.0. The number of piperazine rings is 1. The first-order chi connectivity index (χ1) is 20.7. The second-order valence-electron chi connectivity index (χ2n) is 11.1. The van der Waals surface area contributed by atoms with Crippen LogP contribution in [0.3, 0.4) is 0 Å². The molecule has 12 heteroatoms. The van der Waals surface area contributed by atoms with Crippen LogP contribution in [0.5, 0.6) is 11.6 Å². The van der Waals surface area contributed by atoms with Crippen molar-refractivity contribution in [2.45, 2.75) is 26.3 Å². The Kier molecular flexibility index (Phi) is 10.3. The van der Waals surface area contributed by atoms with Crippen molar-refractivity contribution in [2.75, 3.05) is 57.3 Å². The lowest BCUT2D eigenvalue weighted by atomic mass is 9.96. The molecule has 0 saturated carbocycles. The average molecular weight is 628 g/mol. The van der Waals surface area contributed by atoms with E-state index in [1.807, 2.05) is 41.3 Å². The highest BCUT2D eigenvalue weighted by atomic mass is 35.5. The first-order valence-corrected chi connectivity index (χ1v) is 15.2. The summed E-state index contributed by atoms with van der Waals surface area (Å²) < 4.78 is 6.22. The van der Waals surface area contributed by atoms with Gasteiger partial charge in [-0.25, -0.2) is 9.97 Å². The van der Waals surface area contributed by atoms with E-state index >= 15 is 0 Å².